The van der Waals surface area contributed by atoms with Crippen molar-refractivity contribution < 1.29 is 9.90 Å². The summed E-state index contributed by atoms with van der Waals surface area (Å²) in [6, 6.07) is 56.5. The van der Waals surface area contributed by atoms with Gasteiger partial charge in [0.25, 0.3) is 0 Å². The first kappa shape index (κ1) is 33.4. The molecule has 0 amide bonds. The van der Waals surface area contributed by atoms with Gasteiger partial charge in [0.05, 0.1) is 11.3 Å². The van der Waals surface area contributed by atoms with E-state index in [1.54, 1.807) is 6.07 Å². The van der Waals surface area contributed by atoms with E-state index in [-0.39, 0.29) is 0 Å². The molecule has 0 aliphatic heterocycles. The Morgan fingerprint density at radius 1 is 0.444 bits per heavy atom. The summed E-state index contributed by atoms with van der Waals surface area (Å²) >= 11 is 0. The quantitative estimate of drug-likeness (QED) is 0.114. The molecule has 0 aliphatic carbocycles. The molecule has 262 valence electrons. The standard InChI is InChI=1S/C51H41NO2/c1-3-7-33-13-17-35(18-14-33)37-21-25-39(26-22-37)52(40-27-23-38(24-28-40)36-19-15-34(8-4-2)16-20-36)48-32-31-45-44-29-30-46(51(53)54)43-11-5-9-41(49(43)44)42-10-6-12-47(48)50(42)45/h5-6,9-32H,3-4,7-8H2,1-2H3,(H,53,54). The lowest BCUT2D eigenvalue weighted by atomic mass is 9.87. The van der Waals surface area contributed by atoms with Gasteiger partial charge >= 0.3 is 5.97 Å². The van der Waals surface area contributed by atoms with Crippen LogP contribution in [0.5, 0.6) is 0 Å². The highest BCUT2D eigenvalue weighted by atomic mass is 16.4. The molecule has 9 aromatic carbocycles. The Bertz CT molecular complexity index is 2670. The third kappa shape index (κ3) is 5.74. The number of carboxylic acids is 1. The minimum absolute atomic E-state index is 0.328. The minimum Gasteiger partial charge on any atom is -0.478 e. The summed E-state index contributed by atoms with van der Waals surface area (Å²) in [7, 11) is 0. The van der Waals surface area contributed by atoms with Crippen molar-refractivity contribution in [2.24, 2.45) is 0 Å². The summed E-state index contributed by atoms with van der Waals surface area (Å²) in [6.45, 7) is 4.44. The molecule has 0 aliphatic rings. The number of aryl methyl sites for hydroxylation is 2. The molecular formula is C51H41NO2. The van der Waals surface area contributed by atoms with Gasteiger partial charge in [-0.3, -0.25) is 0 Å². The minimum atomic E-state index is -0.909. The number of hydrogen-bond acceptors (Lipinski definition) is 2. The molecular weight excluding hydrogens is 659 g/mol. The molecule has 1 N–H and O–H groups in total. The van der Waals surface area contributed by atoms with E-state index in [2.05, 4.69) is 152 Å². The number of nitrogens with zero attached hydrogens (tertiary/aromatic N) is 1. The highest BCUT2D eigenvalue weighted by molar-refractivity contribution is 6.35. The number of carbonyl (C=O) groups is 1. The first-order valence-electron chi connectivity index (χ1n) is 19.1. The molecule has 0 saturated heterocycles. The van der Waals surface area contributed by atoms with E-state index in [1.807, 2.05) is 18.2 Å². The summed E-state index contributed by atoms with van der Waals surface area (Å²) in [5, 5.41) is 18.5. The van der Waals surface area contributed by atoms with Crippen molar-refractivity contribution >= 4 is 66.1 Å². The van der Waals surface area contributed by atoms with Gasteiger partial charge < -0.3 is 10.0 Å². The van der Waals surface area contributed by atoms with Crippen molar-refractivity contribution in [1.82, 2.24) is 0 Å². The van der Waals surface area contributed by atoms with Crippen molar-refractivity contribution in [2.75, 3.05) is 4.90 Å². The van der Waals surface area contributed by atoms with Crippen LogP contribution in [0.4, 0.5) is 17.1 Å². The first-order valence-corrected chi connectivity index (χ1v) is 19.1. The summed E-state index contributed by atoms with van der Waals surface area (Å²) in [5.41, 5.74) is 11.1. The average molecular weight is 700 g/mol. The second-order valence-electron chi connectivity index (χ2n) is 14.4. The lowest BCUT2D eigenvalue weighted by molar-refractivity contribution is 0.0699. The maximum atomic E-state index is 12.2. The Kier molecular flexibility index (Phi) is 8.56. The van der Waals surface area contributed by atoms with E-state index < -0.39 is 5.97 Å². The molecule has 0 saturated carbocycles. The number of carboxylic acid groups (broad SMARTS) is 1. The van der Waals surface area contributed by atoms with Gasteiger partial charge in [0.2, 0.25) is 0 Å². The second-order valence-corrected chi connectivity index (χ2v) is 14.4. The predicted molar refractivity (Wildman–Crippen MR) is 228 cm³/mol. The molecule has 9 rings (SSSR count). The lowest BCUT2D eigenvalue weighted by Crippen LogP contribution is -2.10. The molecule has 0 fully saturated rings. The molecule has 0 unspecified atom stereocenters. The van der Waals surface area contributed by atoms with Crippen LogP contribution < -0.4 is 4.90 Å². The Labute approximate surface area is 316 Å². The largest absolute Gasteiger partial charge is 0.478 e. The van der Waals surface area contributed by atoms with Crippen LogP contribution in [0.3, 0.4) is 0 Å². The highest BCUT2D eigenvalue weighted by Gasteiger charge is 2.21. The van der Waals surface area contributed by atoms with Gasteiger partial charge in [-0.2, -0.15) is 0 Å². The zero-order valence-corrected chi connectivity index (χ0v) is 30.6. The summed E-state index contributed by atoms with van der Waals surface area (Å²) in [4.78, 5) is 14.6. The molecule has 9 aromatic rings. The van der Waals surface area contributed by atoms with Crippen LogP contribution in [-0.2, 0) is 12.8 Å². The van der Waals surface area contributed by atoms with Crippen molar-refractivity contribution in [2.45, 2.75) is 39.5 Å². The Morgan fingerprint density at radius 2 is 0.833 bits per heavy atom. The van der Waals surface area contributed by atoms with Crippen LogP contribution in [0, 0.1) is 0 Å². The summed E-state index contributed by atoms with van der Waals surface area (Å²) in [5.74, 6) is -0.909. The van der Waals surface area contributed by atoms with E-state index in [0.717, 1.165) is 80.4 Å². The van der Waals surface area contributed by atoms with Gasteiger partial charge in [-0.15, -0.1) is 0 Å². The van der Waals surface area contributed by atoms with Crippen molar-refractivity contribution in [3.8, 4) is 22.3 Å². The fourth-order valence-electron chi connectivity index (χ4n) is 8.42. The maximum absolute atomic E-state index is 12.2. The first-order chi connectivity index (χ1) is 26.5. The van der Waals surface area contributed by atoms with Crippen LogP contribution >= 0.6 is 0 Å². The van der Waals surface area contributed by atoms with Crippen LogP contribution in [0.2, 0.25) is 0 Å². The molecule has 0 radical (unpaired) electrons. The van der Waals surface area contributed by atoms with Crippen molar-refractivity contribution in [3.05, 3.63) is 174 Å². The molecule has 0 heterocycles. The molecule has 3 nitrogen and oxygen atoms in total. The molecule has 0 atom stereocenters. The van der Waals surface area contributed by atoms with E-state index in [1.165, 1.54) is 38.8 Å². The van der Waals surface area contributed by atoms with Crippen LogP contribution in [0.1, 0.15) is 48.2 Å². The Morgan fingerprint density at radius 3 is 1.30 bits per heavy atom. The molecule has 0 spiro atoms. The third-order valence-corrected chi connectivity index (χ3v) is 11.0. The topological polar surface area (TPSA) is 40.5 Å². The SMILES string of the molecule is CCCc1ccc(-c2ccc(N(c3ccc(-c4ccc(CCC)cc4)cc3)c3ccc4c5ccc(C(=O)O)c6cccc(c7cccc3c74)c65)cc2)cc1. The number of hydrogen-bond donors (Lipinski definition) is 1. The summed E-state index contributed by atoms with van der Waals surface area (Å²) < 4.78 is 0. The number of benzene rings is 9. The average Bonchev–Trinajstić information content (AvgIpc) is 3.21. The fourth-order valence-corrected chi connectivity index (χ4v) is 8.42. The van der Waals surface area contributed by atoms with E-state index in [4.69, 9.17) is 0 Å². The van der Waals surface area contributed by atoms with Gasteiger partial charge in [0.15, 0.2) is 0 Å². The van der Waals surface area contributed by atoms with Gasteiger partial charge in [0, 0.05) is 16.8 Å². The van der Waals surface area contributed by atoms with E-state index in [0.29, 0.717) is 5.56 Å². The van der Waals surface area contributed by atoms with Crippen molar-refractivity contribution in [1.29, 1.82) is 0 Å². The number of rotatable bonds is 10. The summed E-state index contributed by atoms with van der Waals surface area (Å²) in [6.07, 6.45) is 4.47. The van der Waals surface area contributed by atoms with Crippen LogP contribution in [0.25, 0.3) is 65.3 Å². The normalized spacial score (nSPS) is 11.6. The number of fused-ring (bicyclic) bond motifs is 2. The number of aromatic carboxylic acids is 1. The smallest absolute Gasteiger partial charge is 0.336 e. The maximum Gasteiger partial charge on any atom is 0.336 e. The van der Waals surface area contributed by atoms with Crippen molar-refractivity contribution in [3.63, 3.8) is 0 Å². The fraction of sp³-hybridized carbons (Fsp3) is 0.118. The predicted octanol–water partition coefficient (Wildman–Crippen LogP) is 14.1. The Balaban J connectivity index is 1.21. The second kappa shape index (κ2) is 13.8. The van der Waals surface area contributed by atoms with Crippen LogP contribution in [0.15, 0.2) is 158 Å². The number of anilines is 3. The van der Waals surface area contributed by atoms with E-state index >= 15 is 0 Å². The van der Waals surface area contributed by atoms with Crippen LogP contribution in [-0.4, -0.2) is 11.1 Å². The van der Waals surface area contributed by atoms with Gasteiger partial charge in [-0.25, -0.2) is 4.79 Å². The zero-order chi connectivity index (χ0) is 36.8. The monoisotopic (exact) mass is 699 g/mol. The van der Waals surface area contributed by atoms with Gasteiger partial charge in [-0.05, 0) is 120 Å². The van der Waals surface area contributed by atoms with Gasteiger partial charge in [-0.1, -0.05) is 148 Å². The zero-order valence-electron chi connectivity index (χ0n) is 30.6. The molecule has 0 aromatic heterocycles. The molecule has 54 heavy (non-hydrogen) atoms. The molecule has 0 bridgehead atoms. The highest BCUT2D eigenvalue weighted by Crippen LogP contribution is 2.46. The Hall–Kier alpha value is -6.45. The third-order valence-electron chi connectivity index (χ3n) is 11.0. The lowest BCUT2D eigenvalue weighted by Gasteiger charge is -2.28. The molecule has 3 heteroatoms. The van der Waals surface area contributed by atoms with E-state index in [9.17, 15) is 9.90 Å². The van der Waals surface area contributed by atoms with Gasteiger partial charge in [0.1, 0.15) is 0 Å².